The molecule has 20 heavy (non-hydrogen) atoms. The third kappa shape index (κ3) is 2.77. The minimum Gasteiger partial charge on any atom is -0.368 e. The maximum Gasteiger partial charge on any atom is 0.194 e. The maximum absolute atomic E-state index is 13.4. The summed E-state index contributed by atoms with van der Waals surface area (Å²) < 4.78 is 39.8. The monoisotopic (exact) mass is 286 g/mol. The molecular weight excluding hydrogens is 265 g/mol. The van der Waals surface area contributed by atoms with E-state index in [2.05, 4.69) is 19.2 Å². The first-order chi connectivity index (χ1) is 9.45. The second-order valence-corrected chi connectivity index (χ2v) is 5.47. The fraction of sp³-hybridized carbons (Fsp3) is 0.600. The van der Waals surface area contributed by atoms with E-state index in [0.29, 0.717) is 24.2 Å². The zero-order valence-corrected chi connectivity index (χ0v) is 12.1. The van der Waals surface area contributed by atoms with Crippen LogP contribution in [0.5, 0.6) is 0 Å². The lowest BCUT2D eigenvalue weighted by Crippen LogP contribution is -2.53. The van der Waals surface area contributed by atoms with Gasteiger partial charge in [0.2, 0.25) is 0 Å². The van der Waals surface area contributed by atoms with Gasteiger partial charge < -0.3 is 10.2 Å². The minimum atomic E-state index is -1.41. The van der Waals surface area contributed by atoms with Crippen molar-refractivity contribution >= 4 is 5.69 Å². The molecule has 1 aliphatic rings. The topological polar surface area (TPSA) is 15.3 Å². The summed E-state index contributed by atoms with van der Waals surface area (Å²) in [4.78, 5) is 1.95. The van der Waals surface area contributed by atoms with E-state index < -0.39 is 17.5 Å². The molecule has 3 unspecified atom stereocenters. The zero-order valence-electron chi connectivity index (χ0n) is 12.1. The van der Waals surface area contributed by atoms with Crippen LogP contribution in [0, 0.1) is 23.4 Å². The molecule has 1 fully saturated rings. The summed E-state index contributed by atoms with van der Waals surface area (Å²) in [5.74, 6) is -3.32. The largest absolute Gasteiger partial charge is 0.368 e. The Bertz CT molecular complexity index is 455. The van der Waals surface area contributed by atoms with Crippen LogP contribution in [0.15, 0.2) is 12.1 Å². The van der Waals surface area contributed by atoms with Gasteiger partial charge in [0, 0.05) is 36.4 Å². The zero-order chi connectivity index (χ0) is 14.9. The van der Waals surface area contributed by atoms with E-state index in [1.807, 2.05) is 11.8 Å². The lowest BCUT2D eigenvalue weighted by Gasteiger charge is -2.44. The van der Waals surface area contributed by atoms with Crippen LogP contribution < -0.4 is 10.2 Å². The van der Waals surface area contributed by atoms with Crippen molar-refractivity contribution in [1.82, 2.24) is 5.32 Å². The van der Waals surface area contributed by atoms with E-state index in [-0.39, 0.29) is 6.04 Å². The summed E-state index contributed by atoms with van der Waals surface area (Å²) in [6.45, 7) is 7.83. The number of hydrogen-bond donors (Lipinski definition) is 1. The molecule has 1 N–H and O–H groups in total. The molecule has 2 rings (SSSR count). The molecule has 1 aromatic rings. The molecule has 0 spiro atoms. The predicted octanol–water partition coefficient (Wildman–Crippen LogP) is 3.32. The Morgan fingerprint density at radius 3 is 2.35 bits per heavy atom. The van der Waals surface area contributed by atoms with Gasteiger partial charge in [-0.15, -0.1) is 0 Å². The van der Waals surface area contributed by atoms with E-state index in [9.17, 15) is 13.2 Å². The van der Waals surface area contributed by atoms with Crippen LogP contribution in [0.1, 0.15) is 27.2 Å². The normalized spacial score (nSPS) is 26.9. The first kappa shape index (κ1) is 15.2. The second-order valence-electron chi connectivity index (χ2n) is 5.47. The molecule has 1 aliphatic heterocycles. The van der Waals surface area contributed by atoms with E-state index in [4.69, 9.17) is 0 Å². The lowest BCUT2D eigenvalue weighted by atomic mass is 9.86. The van der Waals surface area contributed by atoms with Crippen molar-refractivity contribution in [3.8, 4) is 0 Å². The third-order valence-corrected chi connectivity index (χ3v) is 4.33. The second kappa shape index (κ2) is 6.04. The van der Waals surface area contributed by atoms with Gasteiger partial charge in [0.15, 0.2) is 17.5 Å². The summed E-state index contributed by atoms with van der Waals surface area (Å²) in [5.41, 5.74) is 0.413. The van der Waals surface area contributed by atoms with Gasteiger partial charge in [0.05, 0.1) is 0 Å². The average molecular weight is 286 g/mol. The van der Waals surface area contributed by atoms with Gasteiger partial charge in [-0.05, 0) is 25.8 Å². The van der Waals surface area contributed by atoms with Crippen LogP contribution in [-0.4, -0.2) is 25.2 Å². The molecular formula is C15H21F3N2. The number of piperidine rings is 1. The molecule has 0 aromatic heterocycles. The number of anilines is 1. The van der Waals surface area contributed by atoms with E-state index in [0.717, 1.165) is 25.1 Å². The standard InChI is InChI=1S/C15H21F3N2/c1-4-19-14-5-6-20(10(3)9(14)2)11-7-12(16)15(18)13(17)8-11/h7-10,14,19H,4-6H2,1-3H3. The molecule has 2 nitrogen and oxygen atoms in total. The van der Waals surface area contributed by atoms with Crippen molar-refractivity contribution < 1.29 is 13.2 Å². The van der Waals surface area contributed by atoms with Crippen LogP contribution in [0.3, 0.4) is 0 Å². The van der Waals surface area contributed by atoms with E-state index in [1.165, 1.54) is 0 Å². The predicted molar refractivity (Wildman–Crippen MR) is 74.4 cm³/mol. The summed E-state index contributed by atoms with van der Waals surface area (Å²) in [5, 5.41) is 3.43. The fourth-order valence-corrected chi connectivity index (χ4v) is 2.99. The minimum absolute atomic E-state index is 0.136. The summed E-state index contributed by atoms with van der Waals surface area (Å²) in [7, 11) is 0. The van der Waals surface area contributed by atoms with Gasteiger partial charge in [-0.2, -0.15) is 0 Å². The third-order valence-electron chi connectivity index (χ3n) is 4.33. The van der Waals surface area contributed by atoms with Gasteiger partial charge in [0.25, 0.3) is 0 Å². The quantitative estimate of drug-likeness (QED) is 0.858. The Kier molecular flexibility index (Phi) is 4.58. The Morgan fingerprint density at radius 2 is 1.80 bits per heavy atom. The van der Waals surface area contributed by atoms with Crippen LogP contribution in [0.25, 0.3) is 0 Å². The summed E-state index contributed by atoms with van der Waals surface area (Å²) in [6.07, 6.45) is 0.903. The Balaban J connectivity index is 2.22. The molecule has 112 valence electrons. The Morgan fingerprint density at radius 1 is 1.20 bits per heavy atom. The van der Waals surface area contributed by atoms with Gasteiger partial charge in [-0.25, -0.2) is 13.2 Å². The smallest absolute Gasteiger partial charge is 0.194 e. The highest BCUT2D eigenvalue weighted by molar-refractivity contribution is 5.49. The number of rotatable bonds is 3. The van der Waals surface area contributed by atoms with Gasteiger partial charge in [0.1, 0.15) is 0 Å². The summed E-state index contributed by atoms with van der Waals surface area (Å²) in [6, 6.07) is 2.70. The molecule has 0 radical (unpaired) electrons. The number of nitrogens with zero attached hydrogens (tertiary/aromatic N) is 1. The number of benzene rings is 1. The van der Waals surface area contributed by atoms with E-state index >= 15 is 0 Å². The first-order valence-electron chi connectivity index (χ1n) is 7.10. The molecule has 1 saturated heterocycles. The number of hydrogen-bond acceptors (Lipinski definition) is 2. The highest BCUT2D eigenvalue weighted by atomic mass is 19.2. The van der Waals surface area contributed by atoms with Crippen LogP contribution in [0.4, 0.5) is 18.9 Å². The van der Waals surface area contributed by atoms with Gasteiger partial charge in [-0.3, -0.25) is 0 Å². The molecule has 0 bridgehead atoms. The Labute approximate surface area is 118 Å². The van der Waals surface area contributed by atoms with Gasteiger partial charge >= 0.3 is 0 Å². The highest BCUT2D eigenvalue weighted by Crippen LogP contribution is 2.30. The van der Waals surface area contributed by atoms with Crippen LogP contribution >= 0.6 is 0 Å². The molecule has 1 heterocycles. The van der Waals surface area contributed by atoms with Crippen molar-refractivity contribution in [3.63, 3.8) is 0 Å². The fourth-order valence-electron chi connectivity index (χ4n) is 2.99. The van der Waals surface area contributed by atoms with Crippen LogP contribution in [0.2, 0.25) is 0 Å². The molecule has 0 amide bonds. The van der Waals surface area contributed by atoms with E-state index in [1.54, 1.807) is 0 Å². The first-order valence-corrected chi connectivity index (χ1v) is 7.10. The van der Waals surface area contributed by atoms with Crippen molar-refractivity contribution in [1.29, 1.82) is 0 Å². The molecule has 0 aliphatic carbocycles. The van der Waals surface area contributed by atoms with Crippen molar-refractivity contribution in [2.75, 3.05) is 18.0 Å². The van der Waals surface area contributed by atoms with Crippen molar-refractivity contribution in [2.45, 2.75) is 39.3 Å². The average Bonchev–Trinajstić information content (AvgIpc) is 2.41. The lowest BCUT2D eigenvalue weighted by molar-refractivity contribution is 0.273. The van der Waals surface area contributed by atoms with Crippen molar-refractivity contribution in [2.24, 2.45) is 5.92 Å². The Hall–Kier alpha value is -1.23. The molecule has 1 aromatic carbocycles. The number of nitrogens with one attached hydrogen (secondary N) is 1. The summed E-state index contributed by atoms with van der Waals surface area (Å²) >= 11 is 0. The number of halogens is 3. The highest BCUT2D eigenvalue weighted by Gasteiger charge is 2.32. The molecule has 5 heteroatoms. The molecule has 0 saturated carbocycles. The van der Waals surface area contributed by atoms with Gasteiger partial charge in [-0.1, -0.05) is 13.8 Å². The maximum atomic E-state index is 13.4. The van der Waals surface area contributed by atoms with Crippen molar-refractivity contribution in [3.05, 3.63) is 29.6 Å². The van der Waals surface area contributed by atoms with Crippen LogP contribution in [-0.2, 0) is 0 Å². The SMILES string of the molecule is CCNC1CCN(c2cc(F)c(F)c(F)c2)C(C)C1C. The molecule has 3 atom stereocenters.